The number of fused-ring (bicyclic) bond motifs is 2. The molecule has 0 aromatic heterocycles. The number of ether oxygens (including phenoxy) is 1. The molecule has 1 heterocycles. The smallest absolute Gasteiger partial charge is 0.273 e. The Morgan fingerprint density at radius 1 is 1.27 bits per heavy atom. The second kappa shape index (κ2) is 9.14. The van der Waals surface area contributed by atoms with Crippen molar-refractivity contribution in [2.45, 2.75) is 25.0 Å². The van der Waals surface area contributed by atoms with Crippen LogP contribution in [0.15, 0.2) is 18.2 Å². The molecule has 5 atom stereocenters. The highest BCUT2D eigenvalue weighted by Crippen LogP contribution is 2.55. The number of carbonyl (C=O) groups excluding carboxylic acids is 1. The predicted octanol–water partition coefficient (Wildman–Crippen LogP) is 3.32. The SMILES string of the molecule is C[C@H]1[C@@H](C=O)[C@H]2C[C@@H]1[C@H](SCCOc1cc([N+](=O)[O-])ccc1N1CCN(C)CC1)C2. The van der Waals surface area contributed by atoms with Crippen LogP contribution in [0, 0.1) is 33.8 Å². The lowest BCUT2D eigenvalue weighted by atomic mass is 9.81. The summed E-state index contributed by atoms with van der Waals surface area (Å²) < 4.78 is 6.08. The molecule has 8 heteroatoms. The van der Waals surface area contributed by atoms with Crippen LogP contribution in [-0.4, -0.2) is 66.9 Å². The van der Waals surface area contributed by atoms with Crippen molar-refractivity contribution in [1.82, 2.24) is 4.90 Å². The number of aldehydes is 1. The topological polar surface area (TPSA) is 75.9 Å². The van der Waals surface area contributed by atoms with Crippen molar-refractivity contribution >= 4 is 29.4 Å². The fourth-order valence-corrected chi connectivity index (χ4v) is 6.94. The summed E-state index contributed by atoms with van der Waals surface area (Å²) in [5, 5.41) is 11.8. The number of rotatable bonds is 8. The summed E-state index contributed by atoms with van der Waals surface area (Å²) in [7, 11) is 2.11. The number of benzene rings is 1. The molecule has 4 rings (SSSR count). The number of likely N-dealkylation sites (N-methyl/N-ethyl adjacent to an activating group) is 1. The first-order chi connectivity index (χ1) is 14.5. The molecule has 3 aliphatic rings. The van der Waals surface area contributed by atoms with Gasteiger partial charge in [-0.15, -0.1) is 0 Å². The minimum atomic E-state index is -0.366. The van der Waals surface area contributed by atoms with Crippen LogP contribution in [0.3, 0.4) is 0 Å². The van der Waals surface area contributed by atoms with E-state index in [1.54, 1.807) is 12.1 Å². The first-order valence-corrected chi connectivity index (χ1v) is 11.9. The van der Waals surface area contributed by atoms with E-state index in [0.717, 1.165) is 44.0 Å². The Bertz CT molecular complexity index is 782. The number of non-ortho nitro benzene ring substituents is 1. The summed E-state index contributed by atoms with van der Waals surface area (Å²) >= 11 is 1.94. The molecule has 30 heavy (non-hydrogen) atoms. The summed E-state index contributed by atoms with van der Waals surface area (Å²) in [6.45, 7) is 6.47. The second-order valence-electron chi connectivity index (χ2n) is 8.93. The Morgan fingerprint density at radius 3 is 2.70 bits per heavy atom. The fourth-order valence-electron chi connectivity index (χ4n) is 5.47. The average Bonchev–Trinajstić information content (AvgIpc) is 3.29. The van der Waals surface area contributed by atoms with Gasteiger partial charge in [-0.25, -0.2) is 0 Å². The first-order valence-electron chi connectivity index (χ1n) is 10.9. The van der Waals surface area contributed by atoms with Gasteiger partial charge in [0.05, 0.1) is 23.3 Å². The van der Waals surface area contributed by atoms with Gasteiger partial charge in [0.2, 0.25) is 0 Å². The maximum absolute atomic E-state index is 11.3. The standard InChI is InChI=1S/C22H31N3O4S/c1-15-18-11-16(19(15)14-26)12-22(18)30-10-9-29-21-13-17(25(27)28)3-4-20(21)24-7-5-23(2)6-8-24/h3-4,13-16,18-19,22H,5-12H2,1-2H3/t15-,16+,18+,19-,22-/m1/s1. The number of anilines is 1. The molecule has 1 aromatic rings. The lowest BCUT2D eigenvalue weighted by Gasteiger charge is -2.34. The molecule has 0 amide bonds. The van der Waals surface area contributed by atoms with E-state index in [1.807, 2.05) is 17.8 Å². The van der Waals surface area contributed by atoms with E-state index in [1.165, 1.54) is 12.7 Å². The molecule has 2 saturated carbocycles. The number of nitro groups is 1. The largest absolute Gasteiger partial charge is 0.490 e. The van der Waals surface area contributed by atoms with Gasteiger partial charge in [0.1, 0.15) is 12.0 Å². The summed E-state index contributed by atoms with van der Waals surface area (Å²) in [6, 6.07) is 4.95. The van der Waals surface area contributed by atoms with E-state index < -0.39 is 0 Å². The lowest BCUT2D eigenvalue weighted by molar-refractivity contribution is -0.384. The number of nitro benzene ring substituents is 1. The van der Waals surface area contributed by atoms with E-state index in [-0.39, 0.29) is 16.5 Å². The van der Waals surface area contributed by atoms with Crippen molar-refractivity contribution < 1.29 is 14.5 Å². The summed E-state index contributed by atoms with van der Waals surface area (Å²) in [4.78, 5) is 26.7. The molecule has 0 spiro atoms. The van der Waals surface area contributed by atoms with Crippen LogP contribution in [0.1, 0.15) is 19.8 Å². The third-order valence-electron chi connectivity index (χ3n) is 7.24. The van der Waals surface area contributed by atoms with Gasteiger partial charge in [-0.05, 0) is 43.7 Å². The summed E-state index contributed by atoms with van der Waals surface area (Å²) in [5.74, 6) is 3.39. The molecule has 1 aliphatic heterocycles. The predicted molar refractivity (Wildman–Crippen MR) is 119 cm³/mol. The van der Waals surface area contributed by atoms with Crippen LogP contribution in [-0.2, 0) is 4.79 Å². The Balaban J connectivity index is 1.35. The van der Waals surface area contributed by atoms with E-state index in [0.29, 0.717) is 35.4 Å². The Kier molecular flexibility index (Phi) is 6.53. The normalized spacial score (nSPS) is 31.1. The van der Waals surface area contributed by atoms with Gasteiger partial charge in [0, 0.05) is 49.2 Å². The van der Waals surface area contributed by atoms with Crippen LogP contribution < -0.4 is 9.64 Å². The van der Waals surface area contributed by atoms with E-state index in [9.17, 15) is 14.9 Å². The van der Waals surface area contributed by atoms with Gasteiger partial charge < -0.3 is 19.3 Å². The van der Waals surface area contributed by atoms with E-state index in [4.69, 9.17) is 4.74 Å². The molecular formula is C22H31N3O4S. The molecule has 3 fully saturated rings. The zero-order valence-electron chi connectivity index (χ0n) is 17.7. The highest BCUT2D eigenvalue weighted by atomic mass is 32.2. The van der Waals surface area contributed by atoms with Gasteiger partial charge in [-0.1, -0.05) is 6.92 Å². The fraction of sp³-hybridized carbons (Fsp3) is 0.682. The number of hydrogen-bond acceptors (Lipinski definition) is 7. The molecular weight excluding hydrogens is 402 g/mol. The van der Waals surface area contributed by atoms with Gasteiger partial charge >= 0.3 is 0 Å². The minimum Gasteiger partial charge on any atom is -0.490 e. The van der Waals surface area contributed by atoms with Crippen LogP contribution in [0.25, 0.3) is 0 Å². The molecule has 1 aromatic carbocycles. The van der Waals surface area contributed by atoms with Gasteiger partial charge in [0.25, 0.3) is 5.69 Å². The Labute approximate surface area is 182 Å². The zero-order chi connectivity index (χ0) is 21.3. The number of hydrogen-bond donors (Lipinski definition) is 0. The third kappa shape index (κ3) is 4.30. The molecule has 0 N–H and O–H groups in total. The number of nitrogens with zero attached hydrogens (tertiary/aromatic N) is 3. The van der Waals surface area contributed by atoms with Gasteiger partial charge in [-0.3, -0.25) is 10.1 Å². The van der Waals surface area contributed by atoms with Crippen molar-refractivity contribution in [1.29, 1.82) is 0 Å². The number of thioether (sulfide) groups is 1. The summed E-state index contributed by atoms with van der Waals surface area (Å²) in [6.07, 6.45) is 3.48. The number of carbonyl (C=O) groups is 1. The monoisotopic (exact) mass is 433 g/mol. The number of piperazine rings is 1. The minimum absolute atomic E-state index is 0.0670. The molecule has 1 saturated heterocycles. The van der Waals surface area contributed by atoms with E-state index >= 15 is 0 Å². The van der Waals surface area contributed by atoms with Gasteiger partial charge in [0.15, 0.2) is 0 Å². The third-order valence-corrected chi connectivity index (χ3v) is 8.62. The highest BCUT2D eigenvalue weighted by Gasteiger charge is 2.50. The lowest BCUT2D eigenvalue weighted by Crippen LogP contribution is -2.44. The average molecular weight is 434 g/mol. The molecule has 0 radical (unpaired) electrons. The first kappa shape index (κ1) is 21.4. The van der Waals surface area contributed by atoms with Crippen molar-refractivity contribution in [3.63, 3.8) is 0 Å². The molecule has 0 unspecified atom stereocenters. The van der Waals surface area contributed by atoms with Crippen molar-refractivity contribution in [3.8, 4) is 5.75 Å². The Hall–Kier alpha value is -1.80. The zero-order valence-corrected chi connectivity index (χ0v) is 18.6. The maximum atomic E-state index is 11.3. The van der Waals surface area contributed by atoms with Gasteiger partial charge in [-0.2, -0.15) is 11.8 Å². The molecule has 164 valence electrons. The summed E-state index contributed by atoms with van der Waals surface area (Å²) in [5.41, 5.74) is 1.01. The van der Waals surface area contributed by atoms with Crippen LogP contribution in [0.4, 0.5) is 11.4 Å². The van der Waals surface area contributed by atoms with Crippen LogP contribution in [0.5, 0.6) is 5.75 Å². The quantitative estimate of drug-likeness (QED) is 0.269. The molecule has 7 nitrogen and oxygen atoms in total. The highest BCUT2D eigenvalue weighted by molar-refractivity contribution is 7.99. The van der Waals surface area contributed by atoms with Crippen LogP contribution in [0.2, 0.25) is 0 Å². The second-order valence-corrected chi connectivity index (χ2v) is 10.3. The Morgan fingerprint density at radius 2 is 2.03 bits per heavy atom. The van der Waals surface area contributed by atoms with E-state index in [2.05, 4.69) is 23.8 Å². The van der Waals surface area contributed by atoms with Crippen molar-refractivity contribution in [2.75, 3.05) is 50.5 Å². The molecule has 2 aliphatic carbocycles. The van der Waals surface area contributed by atoms with Crippen LogP contribution >= 0.6 is 11.8 Å². The molecule has 2 bridgehead atoms. The van der Waals surface area contributed by atoms with Crippen molar-refractivity contribution in [2.24, 2.45) is 23.7 Å². The van der Waals surface area contributed by atoms with Crippen molar-refractivity contribution in [3.05, 3.63) is 28.3 Å². The maximum Gasteiger partial charge on any atom is 0.273 e.